The highest BCUT2D eigenvalue weighted by molar-refractivity contribution is 7.15. The van der Waals surface area contributed by atoms with Gasteiger partial charge in [0.1, 0.15) is 12.4 Å². The van der Waals surface area contributed by atoms with Crippen LogP contribution in [0.15, 0.2) is 24.4 Å². The number of ether oxygens (including phenoxy) is 1. The molecule has 0 fully saturated rings. The molecule has 0 radical (unpaired) electrons. The van der Waals surface area contributed by atoms with E-state index in [1.54, 1.807) is 6.20 Å². The van der Waals surface area contributed by atoms with Crippen LogP contribution in [0.3, 0.4) is 0 Å². The first-order valence-electron chi connectivity index (χ1n) is 5.98. The van der Waals surface area contributed by atoms with Crippen LogP contribution in [0.25, 0.3) is 0 Å². The van der Waals surface area contributed by atoms with E-state index in [1.165, 1.54) is 23.5 Å². The van der Waals surface area contributed by atoms with E-state index in [1.807, 2.05) is 0 Å². The number of alkyl halides is 2. The number of hydrogen-bond acceptors (Lipinski definition) is 6. The molecule has 1 N–H and O–H groups in total. The van der Waals surface area contributed by atoms with Gasteiger partial charge in [0.05, 0.1) is 17.5 Å². The van der Waals surface area contributed by atoms with Gasteiger partial charge in [-0.3, -0.25) is 10.1 Å². The molecule has 1 heterocycles. The molecule has 10 heteroatoms. The number of halogens is 3. The van der Waals surface area contributed by atoms with Gasteiger partial charge in [-0.05, 0) is 0 Å². The van der Waals surface area contributed by atoms with E-state index in [0.29, 0.717) is 16.7 Å². The van der Waals surface area contributed by atoms with Crippen molar-refractivity contribution in [2.45, 2.75) is 13.0 Å². The van der Waals surface area contributed by atoms with Gasteiger partial charge in [-0.1, -0.05) is 11.6 Å². The van der Waals surface area contributed by atoms with Crippen LogP contribution >= 0.6 is 22.9 Å². The Morgan fingerprint density at radius 1 is 1.45 bits per heavy atom. The minimum absolute atomic E-state index is 0.000614. The first-order valence-corrected chi connectivity index (χ1v) is 7.18. The molecule has 0 aliphatic rings. The molecule has 0 aliphatic carbocycles. The van der Waals surface area contributed by atoms with Gasteiger partial charge in [-0.25, -0.2) is 13.8 Å². The van der Waals surface area contributed by atoms with Crippen LogP contribution in [-0.4, -0.2) is 22.9 Å². The Bertz CT molecular complexity index is 669. The van der Waals surface area contributed by atoms with Gasteiger partial charge in [0.15, 0.2) is 4.47 Å². The number of nitro groups is 1. The Morgan fingerprint density at radius 3 is 2.82 bits per heavy atom. The van der Waals surface area contributed by atoms with E-state index in [9.17, 15) is 18.9 Å². The molecule has 0 bridgehead atoms. The molecule has 0 saturated carbocycles. The van der Waals surface area contributed by atoms with Crippen molar-refractivity contribution in [2.24, 2.45) is 0 Å². The van der Waals surface area contributed by atoms with E-state index < -0.39 is 18.0 Å². The summed E-state index contributed by atoms with van der Waals surface area (Å²) in [4.78, 5) is 14.9. The van der Waals surface area contributed by atoms with Crippen LogP contribution in [0.5, 0.6) is 5.75 Å². The predicted octanol–water partition coefficient (Wildman–Crippen LogP) is 3.96. The maximum Gasteiger partial charge on any atom is 0.275 e. The molecular weight excluding hydrogens is 340 g/mol. The van der Waals surface area contributed by atoms with E-state index in [4.69, 9.17) is 16.3 Å². The lowest BCUT2D eigenvalue weighted by atomic mass is 10.2. The number of anilines is 1. The highest BCUT2D eigenvalue weighted by atomic mass is 35.5. The van der Waals surface area contributed by atoms with Crippen LogP contribution in [-0.2, 0) is 6.54 Å². The Morgan fingerprint density at radius 2 is 2.23 bits per heavy atom. The maximum atomic E-state index is 12.2. The topological polar surface area (TPSA) is 77.3 Å². The van der Waals surface area contributed by atoms with Gasteiger partial charge < -0.3 is 10.1 Å². The second-order valence-electron chi connectivity index (χ2n) is 4.11. The van der Waals surface area contributed by atoms with E-state index >= 15 is 0 Å². The van der Waals surface area contributed by atoms with Crippen molar-refractivity contribution in [2.75, 3.05) is 11.9 Å². The van der Waals surface area contributed by atoms with Crippen LogP contribution in [0, 0.1) is 10.1 Å². The second-order valence-corrected chi connectivity index (χ2v) is 5.81. The molecule has 22 heavy (non-hydrogen) atoms. The summed E-state index contributed by atoms with van der Waals surface area (Å²) in [6, 6.07) is 3.80. The number of thiazole rings is 1. The highest BCUT2D eigenvalue weighted by Crippen LogP contribution is 2.27. The van der Waals surface area contributed by atoms with Crippen molar-refractivity contribution >= 4 is 34.3 Å². The lowest BCUT2D eigenvalue weighted by molar-refractivity contribution is -0.384. The molecule has 0 atom stereocenters. The van der Waals surface area contributed by atoms with Crippen molar-refractivity contribution in [1.82, 2.24) is 4.98 Å². The van der Waals surface area contributed by atoms with Gasteiger partial charge in [0.25, 0.3) is 12.1 Å². The minimum Gasteiger partial charge on any atom is -0.487 e. The Labute approximate surface area is 132 Å². The zero-order valence-corrected chi connectivity index (χ0v) is 12.5. The number of nitrogens with zero attached hydrogens (tertiary/aromatic N) is 2. The average Bonchev–Trinajstić information content (AvgIpc) is 2.88. The van der Waals surface area contributed by atoms with Crippen LogP contribution in [0.2, 0.25) is 4.47 Å². The predicted molar refractivity (Wildman–Crippen MR) is 79.0 cm³/mol. The zero-order chi connectivity index (χ0) is 16.1. The van der Waals surface area contributed by atoms with Crippen molar-refractivity contribution in [3.05, 3.63) is 43.9 Å². The third-order valence-electron chi connectivity index (χ3n) is 2.47. The summed E-state index contributed by atoms with van der Waals surface area (Å²) < 4.78 is 29.5. The largest absolute Gasteiger partial charge is 0.487 e. The van der Waals surface area contributed by atoms with Crippen molar-refractivity contribution in [3.63, 3.8) is 0 Å². The van der Waals surface area contributed by atoms with E-state index in [2.05, 4.69) is 10.3 Å². The number of aromatic nitrogens is 1. The Balaban J connectivity index is 2.12. The van der Waals surface area contributed by atoms with Crippen LogP contribution < -0.4 is 10.1 Å². The fourth-order valence-corrected chi connectivity index (χ4v) is 2.51. The molecule has 0 unspecified atom stereocenters. The Kier molecular flexibility index (Phi) is 5.45. The normalized spacial score (nSPS) is 10.7. The standard InChI is InChI=1S/C12H10ClF2N3O3S/c13-12-17-5-10(22-12)4-16-7-1-8(18(19)20)3-9(2-7)21-6-11(14)15/h1-3,5,11,16H,4,6H2. The fourth-order valence-electron chi connectivity index (χ4n) is 1.59. The van der Waals surface area contributed by atoms with Crippen molar-refractivity contribution in [1.29, 1.82) is 0 Å². The number of rotatable bonds is 7. The number of nitro benzene ring substituents is 1. The summed E-state index contributed by atoms with van der Waals surface area (Å²) in [6.45, 7) is -0.481. The fraction of sp³-hybridized carbons (Fsp3) is 0.250. The lowest BCUT2D eigenvalue weighted by Crippen LogP contribution is -2.07. The van der Waals surface area contributed by atoms with Gasteiger partial charge in [-0.2, -0.15) is 0 Å². The first kappa shape index (κ1) is 16.4. The molecule has 1 aromatic carbocycles. The first-order chi connectivity index (χ1) is 10.4. The zero-order valence-electron chi connectivity index (χ0n) is 11.0. The molecular formula is C12H10ClF2N3O3S. The van der Waals surface area contributed by atoms with Gasteiger partial charge in [-0.15, -0.1) is 11.3 Å². The summed E-state index contributed by atoms with van der Waals surface area (Å²) in [6.07, 6.45) is -1.08. The molecule has 0 saturated heterocycles. The third kappa shape index (κ3) is 4.78. The lowest BCUT2D eigenvalue weighted by Gasteiger charge is -2.09. The number of hydrogen-bond donors (Lipinski definition) is 1. The monoisotopic (exact) mass is 349 g/mol. The summed E-state index contributed by atoms with van der Waals surface area (Å²) in [7, 11) is 0. The molecule has 0 spiro atoms. The SMILES string of the molecule is O=[N+]([O-])c1cc(NCc2cnc(Cl)s2)cc(OCC(F)F)c1. The minimum atomic E-state index is -2.66. The van der Waals surface area contributed by atoms with Gasteiger partial charge in [0, 0.05) is 28.9 Å². The second kappa shape index (κ2) is 7.32. The number of nitrogens with one attached hydrogen (secondary N) is 1. The summed E-state index contributed by atoms with van der Waals surface area (Å²) in [5.74, 6) is -0.000614. The molecule has 2 rings (SSSR count). The number of non-ortho nitro benzene ring substituents is 1. The smallest absolute Gasteiger partial charge is 0.275 e. The van der Waals surface area contributed by atoms with E-state index in [-0.39, 0.29) is 11.4 Å². The average molecular weight is 350 g/mol. The molecule has 6 nitrogen and oxygen atoms in total. The summed E-state index contributed by atoms with van der Waals surface area (Å²) in [5, 5.41) is 13.8. The van der Waals surface area contributed by atoms with Gasteiger partial charge in [0.2, 0.25) is 0 Å². The molecule has 1 aromatic heterocycles. The maximum absolute atomic E-state index is 12.2. The molecule has 2 aromatic rings. The van der Waals surface area contributed by atoms with Crippen LogP contribution in [0.1, 0.15) is 4.88 Å². The van der Waals surface area contributed by atoms with Crippen molar-refractivity contribution < 1.29 is 18.4 Å². The Hall–Kier alpha value is -2.00. The van der Waals surface area contributed by atoms with Gasteiger partial charge >= 0.3 is 0 Å². The molecule has 0 aliphatic heterocycles. The number of benzene rings is 1. The third-order valence-corrected chi connectivity index (χ3v) is 3.59. The highest BCUT2D eigenvalue weighted by Gasteiger charge is 2.12. The summed E-state index contributed by atoms with van der Waals surface area (Å²) >= 11 is 6.97. The van der Waals surface area contributed by atoms with E-state index in [0.717, 1.165) is 10.9 Å². The van der Waals surface area contributed by atoms with Crippen molar-refractivity contribution in [3.8, 4) is 5.75 Å². The van der Waals surface area contributed by atoms with Crippen LogP contribution in [0.4, 0.5) is 20.2 Å². The quantitative estimate of drug-likeness (QED) is 0.604. The molecule has 0 amide bonds. The molecule has 118 valence electrons. The summed E-state index contributed by atoms with van der Waals surface area (Å²) in [5.41, 5.74) is 0.125.